The zero-order valence-corrected chi connectivity index (χ0v) is 25.4. The molecular formula is C31H41N3O6S. The van der Waals surface area contributed by atoms with E-state index in [1.807, 2.05) is 57.2 Å². The molecule has 3 aromatic rings. The third-order valence-corrected chi connectivity index (χ3v) is 8.52. The SMILES string of the molecule is CCCS(=O)(=O)Nc1cc(C(C)(C)C)cc(C(=O)Nc2ccc(OCCN3CCOCC3)c3ccccc23)c1OC. The maximum Gasteiger partial charge on any atom is 0.259 e. The van der Waals surface area contributed by atoms with Crippen LogP contribution in [0.3, 0.4) is 0 Å². The van der Waals surface area contributed by atoms with E-state index in [9.17, 15) is 13.2 Å². The molecule has 1 amide bonds. The Balaban J connectivity index is 1.64. The second-order valence-electron chi connectivity index (χ2n) is 11.2. The van der Waals surface area contributed by atoms with Gasteiger partial charge in [-0.05, 0) is 41.7 Å². The van der Waals surface area contributed by atoms with Crippen LogP contribution in [0.1, 0.15) is 50.0 Å². The highest BCUT2D eigenvalue weighted by Crippen LogP contribution is 2.37. The van der Waals surface area contributed by atoms with Crippen LogP contribution < -0.4 is 19.5 Å². The van der Waals surface area contributed by atoms with Crippen molar-refractivity contribution in [2.75, 3.05) is 62.4 Å². The first-order chi connectivity index (χ1) is 19.5. The molecule has 3 aromatic carbocycles. The number of benzene rings is 3. The minimum absolute atomic E-state index is 0.0374. The van der Waals surface area contributed by atoms with Gasteiger partial charge < -0.3 is 19.5 Å². The molecule has 222 valence electrons. The van der Waals surface area contributed by atoms with Gasteiger partial charge in [0.05, 0.1) is 37.3 Å². The number of nitrogens with zero attached hydrogens (tertiary/aromatic N) is 1. The van der Waals surface area contributed by atoms with Crippen molar-refractivity contribution in [2.24, 2.45) is 0 Å². The van der Waals surface area contributed by atoms with E-state index in [1.54, 1.807) is 19.1 Å². The van der Waals surface area contributed by atoms with Gasteiger partial charge in [0.2, 0.25) is 10.0 Å². The molecule has 0 saturated carbocycles. The molecule has 1 aliphatic heterocycles. The summed E-state index contributed by atoms with van der Waals surface area (Å²) in [7, 11) is -2.18. The highest BCUT2D eigenvalue weighted by Gasteiger charge is 2.25. The number of carbonyl (C=O) groups is 1. The average Bonchev–Trinajstić information content (AvgIpc) is 2.93. The Labute approximate surface area is 243 Å². The lowest BCUT2D eigenvalue weighted by atomic mass is 9.85. The Kier molecular flexibility index (Phi) is 9.78. The highest BCUT2D eigenvalue weighted by atomic mass is 32.2. The van der Waals surface area contributed by atoms with Crippen molar-refractivity contribution in [3.8, 4) is 11.5 Å². The number of ether oxygens (including phenoxy) is 3. The number of anilines is 2. The number of carbonyl (C=O) groups excluding carboxylic acids is 1. The molecule has 10 heteroatoms. The van der Waals surface area contributed by atoms with Crippen LogP contribution in [-0.2, 0) is 20.2 Å². The van der Waals surface area contributed by atoms with Gasteiger partial charge in [-0.25, -0.2) is 8.42 Å². The Bertz CT molecular complexity index is 1480. The smallest absolute Gasteiger partial charge is 0.259 e. The molecule has 1 saturated heterocycles. The van der Waals surface area contributed by atoms with Crippen LogP contribution in [-0.4, -0.2) is 71.5 Å². The maximum atomic E-state index is 13.8. The predicted octanol–water partition coefficient (Wildman–Crippen LogP) is 5.26. The fourth-order valence-corrected chi connectivity index (χ4v) is 5.95. The zero-order valence-electron chi connectivity index (χ0n) is 24.6. The van der Waals surface area contributed by atoms with Crippen molar-refractivity contribution < 1.29 is 27.4 Å². The van der Waals surface area contributed by atoms with E-state index in [4.69, 9.17) is 14.2 Å². The lowest BCUT2D eigenvalue weighted by Crippen LogP contribution is -2.38. The molecule has 0 bridgehead atoms. The molecular weight excluding hydrogens is 542 g/mol. The van der Waals surface area contributed by atoms with Gasteiger partial charge in [0.1, 0.15) is 12.4 Å². The molecule has 1 aliphatic rings. The summed E-state index contributed by atoms with van der Waals surface area (Å²) in [6.07, 6.45) is 0.462. The van der Waals surface area contributed by atoms with E-state index >= 15 is 0 Å². The van der Waals surface area contributed by atoms with Crippen molar-refractivity contribution in [1.29, 1.82) is 0 Å². The minimum Gasteiger partial charge on any atom is -0.494 e. The molecule has 0 aromatic heterocycles. The Hall–Kier alpha value is -3.34. The van der Waals surface area contributed by atoms with Crippen molar-refractivity contribution in [3.63, 3.8) is 0 Å². The second-order valence-corrected chi connectivity index (χ2v) is 13.0. The summed E-state index contributed by atoms with van der Waals surface area (Å²) in [6, 6.07) is 14.9. The molecule has 9 nitrogen and oxygen atoms in total. The number of sulfonamides is 1. The molecule has 0 atom stereocenters. The summed E-state index contributed by atoms with van der Waals surface area (Å²) >= 11 is 0. The topological polar surface area (TPSA) is 106 Å². The molecule has 2 N–H and O–H groups in total. The van der Waals surface area contributed by atoms with Gasteiger partial charge in [0.15, 0.2) is 5.75 Å². The Morgan fingerprint density at radius 3 is 2.39 bits per heavy atom. The first kappa shape index (κ1) is 30.6. The number of hydrogen-bond donors (Lipinski definition) is 2. The molecule has 4 rings (SSSR count). The van der Waals surface area contributed by atoms with Crippen LogP contribution in [0.5, 0.6) is 11.5 Å². The van der Waals surface area contributed by atoms with Crippen molar-refractivity contribution >= 4 is 38.1 Å². The monoisotopic (exact) mass is 583 g/mol. The van der Waals surface area contributed by atoms with E-state index in [0.29, 0.717) is 18.7 Å². The van der Waals surface area contributed by atoms with Gasteiger partial charge in [-0.15, -0.1) is 0 Å². The predicted molar refractivity (Wildman–Crippen MR) is 164 cm³/mol. The molecule has 1 fully saturated rings. The van der Waals surface area contributed by atoms with Crippen LogP contribution in [0.2, 0.25) is 0 Å². The number of morpholine rings is 1. The van der Waals surface area contributed by atoms with Crippen LogP contribution in [0.25, 0.3) is 10.8 Å². The third kappa shape index (κ3) is 7.69. The summed E-state index contributed by atoms with van der Waals surface area (Å²) < 4.78 is 45.1. The number of nitrogens with one attached hydrogen (secondary N) is 2. The van der Waals surface area contributed by atoms with Gasteiger partial charge in [-0.1, -0.05) is 52.0 Å². The average molecular weight is 584 g/mol. The molecule has 0 spiro atoms. The summed E-state index contributed by atoms with van der Waals surface area (Å²) in [5, 5.41) is 4.75. The van der Waals surface area contributed by atoms with E-state index in [2.05, 4.69) is 14.9 Å². The number of fused-ring (bicyclic) bond motifs is 1. The quantitative estimate of drug-likeness (QED) is 0.317. The Morgan fingerprint density at radius 2 is 1.73 bits per heavy atom. The first-order valence-electron chi connectivity index (χ1n) is 14.0. The largest absolute Gasteiger partial charge is 0.494 e. The van der Waals surface area contributed by atoms with Crippen molar-refractivity contribution in [3.05, 3.63) is 59.7 Å². The van der Waals surface area contributed by atoms with Gasteiger partial charge >= 0.3 is 0 Å². The van der Waals surface area contributed by atoms with E-state index in [1.165, 1.54) is 7.11 Å². The van der Waals surface area contributed by atoms with E-state index < -0.39 is 15.9 Å². The molecule has 0 radical (unpaired) electrons. The standard InChI is InChI=1S/C31H41N3O6S/c1-6-19-41(36,37)33-27-21-22(31(2,3)4)20-25(29(27)38-5)30(35)32-26-11-12-28(24-10-8-7-9-23(24)26)40-18-15-34-13-16-39-17-14-34/h7-12,20-21,33H,6,13-19H2,1-5H3,(H,32,35). The summed E-state index contributed by atoms with van der Waals surface area (Å²) in [5.74, 6) is 0.467. The number of methoxy groups -OCH3 is 1. The minimum atomic E-state index is -3.61. The summed E-state index contributed by atoms with van der Waals surface area (Å²) in [6.45, 7) is 12.5. The van der Waals surface area contributed by atoms with Gasteiger partial charge in [-0.3, -0.25) is 14.4 Å². The summed E-state index contributed by atoms with van der Waals surface area (Å²) in [5.41, 5.74) is 1.55. The normalized spacial score (nSPS) is 14.6. The lowest BCUT2D eigenvalue weighted by Gasteiger charge is -2.26. The third-order valence-electron chi connectivity index (χ3n) is 7.04. The first-order valence-corrected chi connectivity index (χ1v) is 15.7. The molecule has 0 unspecified atom stereocenters. The summed E-state index contributed by atoms with van der Waals surface area (Å²) in [4.78, 5) is 16.1. The zero-order chi connectivity index (χ0) is 29.6. The number of rotatable bonds is 11. The molecule has 41 heavy (non-hydrogen) atoms. The second kappa shape index (κ2) is 13.1. The fraction of sp³-hybridized carbons (Fsp3) is 0.452. The van der Waals surface area contributed by atoms with Gasteiger partial charge in [0, 0.05) is 36.1 Å². The number of amides is 1. The maximum absolute atomic E-state index is 13.8. The van der Waals surface area contributed by atoms with Gasteiger partial charge in [-0.2, -0.15) is 0 Å². The highest BCUT2D eigenvalue weighted by molar-refractivity contribution is 7.92. The fourth-order valence-electron chi connectivity index (χ4n) is 4.82. The Morgan fingerprint density at radius 1 is 1.02 bits per heavy atom. The van der Waals surface area contributed by atoms with E-state index in [-0.39, 0.29) is 28.2 Å². The van der Waals surface area contributed by atoms with E-state index in [0.717, 1.165) is 54.9 Å². The van der Waals surface area contributed by atoms with Crippen molar-refractivity contribution in [2.45, 2.75) is 39.5 Å². The number of hydrogen-bond acceptors (Lipinski definition) is 7. The van der Waals surface area contributed by atoms with Crippen LogP contribution in [0.4, 0.5) is 11.4 Å². The molecule has 0 aliphatic carbocycles. The van der Waals surface area contributed by atoms with Gasteiger partial charge in [0.25, 0.3) is 5.91 Å². The molecule has 1 heterocycles. The lowest BCUT2D eigenvalue weighted by molar-refractivity contribution is 0.0323. The van der Waals surface area contributed by atoms with Crippen LogP contribution in [0.15, 0.2) is 48.5 Å². The van der Waals surface area contributed by atoms with Crippen LogP contribution in [0, 0.1) is 0 Å². The van der Waals surface area contributed by atoms with Crippen molar-refractivity contribution in [1.82, 2.24) is 4.90 Å². The van der Waals surface area contributed by atoms with Crippen LogP contribution >= 0.6 is 0 Å².